The van der Waals surface area contributed by atoms with Gasteiger partial charge in [0, 0.05) is 19.2 Å². The molecule has 10 heteroatoms. The fourth-order valence-electron chi connectivity index (χ4n) is 2.79. The molecule has 1 aromatic heterocycles. The van der Waals surface area contributed by atoms with Crippen molar-refractivity contribution in [3.05, 3.63) is 64.8 Å². The molecule has 29 heavy (non-hydrogen) atoms. The van der Waals surface area contributed by atoms with Crippen molar-refractivity contribution in [1.82, 2.24) is 19.1 Å². The predicted octanol–water partition coefficient (Wildman–Crippen LogP) is 1.77. The Morgan fingerprint density at radius 2 is 1.83 bits per heavy atom. The molecule has 3 rings (SSSR count). The molecule has 0 amide bonds. The van der Waals surface area contributed by atoms with E-state index in [4.69, 9.17) is 4.74 Å². The van der Waals surface area contributed by atoms with Gasteiger partial charge in [-0.05, 0) is 43.3 Å². The third-order valence-electron chi connectivity index (χ3n) is 4.20. The average molecular weight is 420 g/mol. The number of rotatable bonds is 8. The van der Waals surface area contributed by atoms with Gasteiger partial charge >= 0.3 is 5.69 Å². The molecule has 0 atom stereocenters. The summed E-state index contributed by atoms with van der Waals surface area (Å²) in [4.78, 5) is 12.4. The van der Waals surface area contributed by atoms with Crippen LogP contribution in [-0.2, 0) is 23.6 Å². The lowest BCUT2D eigenvalue weighted by molar-refractivity contribution is 0.331. The van der Waals surface area contributed by atoms with Gasteiger partial charge in [-0.1, -0.05) is 12.1 Å². The Kier molecular flexibility index (Phi) is 6.14. The second-order valence-corrected chi connectivity index (χ2v) is 7.91. The van der Waals surface area contributed by atoms with E-state index in [1.165, 1.54) is 34.9 Å². The highest BCUT2D eigenvalue weighted by Gasteiger charge is 2.19. The lowest BCUT2D eigenvalue weighted by Gasteiger charge is -2.11. The third-order valence-corrected chi connectivity index (χ3v) is 5.70. The smallest absolute Gasteiger partial charge is 0.345 e. The van der Waals surface area contributed by atoms with Gasteiger partial charge in [0.25, 0.3) is 0 Å². The SMILES string of the molecule is CCOc1ccccc1S(=O)(=O)NCCn1nc(-c2ccc(F)cc2)n(C)c1=O. The van der Waals surface area contributed by atoms with Crippen molar-refractivity contribution in [2.45, 2.75) is 18.4 Å². The number of nitrogens with one attached hydrogen (secondary N) is 1. The fraction of sp³-hybridized carbons (Fsp3) is 0.263. The van der Waals surface area contributed by atoms with Crippen LogP contribution < -0.4 is 15.1 Å². The predicted molar refractivity (Wildman–Crippen MR) is 106 cm³/mol. The first-order valence-electron chi connectivity index (χ1n) is 8.94. The lowest BCUT2D eigenvalue weighted by Crippen LogP contribution is -2.32. The topological polar surface area (TPSA) is 95.2 Å². The summed E-state index contributed by atoms with van der Waals surface area (Å²) < 4.78 is 48.6. The molecule has 0 spiro atoms. The van der Waals surface area contributed by atoms with E-state index >= 15 is 0 Å². The Morgan fingerprint density at radius 1 is 1.14 bits per heavy atom. The molecule has 8 nitrogen and oxygen atoms in total. The molecule has 0 radical (unpaired) electrons. The molecule has 0 aliphatic rings. The summed E-state index contributed by atoms with van der Waals surface area (Å²) in [5.41, 5.74) is 0.175. The van der Waals surface area contributed by atoms with Gasteiger partial charge in [-0.3, -0.25) is 4.57 Å². The van der Waals surface area contributed by atoms with Gasteiger partial charge in [-0.2, -0.15) is 0 Å². The largest absolute Gasteiger partial charge is 0.492 e. The Balaban J connectivity index is 1.75. The minimum absolute atomic E-state index is 0.0298. The first-order valence-corrected chi connectivity index (χ1v) is 10.4. The van der Waals surface area contributed by atoms with E-state index in [0.29, 0.717) is 18.0 Å². The van der Waals surface area contributed by atoms with Crippen LogP contribution in [0.2, 0.25) is 0 Å². The van der Waals surface area contributed by atoms with E-state index in [2.05, 4.69) is 9.82 Å². The molecule has 0 bridgehead atoms. The van der Waals surface area contributed by atoms with Gasteiger partial charge in [-0.25, -0.2) is 27.0 Å². The van der Waals surface area contributed by atoms with Crippen LogP contribution in [0.25, 0.3) is 11.4 Å². The van der Waals surface area contributed by atoms with Crippen LogP contribution in [0.5, 0.6) is 5.75 Å². The van der Waals surface area contributed by atoms with E-state index in [1.54, 1.807) is 32.2 Å². The molecule has 0 fully saturated rings. The summed E-state index contributed by atoms with van der Waals surface area (Å²) in [6.45, 7) is 2.09. The minimum Gasteiger partial charge on any atom is -0.492 e. The Labute approximate surface area is 167 Å². The summed E-state index contributed by atoms with van der Waals surface area (Å²) in [5, 5.41) is 4.23. The van der Waals surface area contributed by atoms with Crippen LogP contribution in [0.1, 0.15) is 6.92 Å². The number of sulfonamides is 1. The van der Waals surface area contributed by atoms with Gasteiger partial charge in [0.05, 0.1) is 13.2 Å². The molecule has 0 aliphatic heterocycles. The number of hydrogen-bond acceptors (Lipinski definition) is 5. The van der Waals surface area contributed by atoms with Crippen LogP contribution in [-0.4, -0.2) is 35.9 Å². The molecule has 1 N–H and O–H groups in total. The van der Waals surface area contributed by atoms with Crippen LogP contribution in [0.3, 0.4) is 0 Å². The second-order valence-electron chi connectivity index (χ2n) is 6.17. The zero-order valence-corrected chi connectivity index (χ0v) is 16.8. The number of ether oxygens (including phenoxy) is 1. The molecule has 3 aromatic rings. The van der Waals surface area contributed by atoms with E-state index in [0.717, 1.165) is 4.68 Å². The van der Waals surface area contributed by atoms with Gasteiger partial charge in [0.1, 0.15) is 16.5 Å². The number of halogens is 1. The van der Waals surface area contributed by atoms with Crippen molar-refractivity contribution in [2.24, 2.45) is 7.05 Å². The first kappa shape index (κ1) is 20.7. The molecular formula is C19H21FN4O4S. The highest BCUT2D eigenvalue weighted by molar-refractivity contribution is 7.89. The Hall–Kier alpha value is -2.98. The quantitative estimate of drug-likeness (QED) is 0.599. The van der Waals surface area contributed by atoms with Crippen molar-refractivity contribution < 1.29 is 17.5 Å². The zero-order chi connectivity index (χ0) is 21.0. The van der Waals surface area contributed by atoms with Crippen LogP contribution >= 0.6 is 0 Å². The molecule has 154 valence electrons. The molecule has 0 saturated carbocycles. The maximum atomic E-state index is 13.1. The standard InChI is InChI=1S/C19H21FN4O4S/c1-3-28-16-6-4-5-7-17(16)29(26,27)21-12-13-24-19(25)23(2)18(22-24)14-8-10-15(20)11-9-14/h4-11,21H,3,12-13H2,1-2H3. The number of aromatic nitrogens is 3. The zero-order valence-electron chi connectivity index (χ0n) is 16.0. The summed E-state index contributed by atoms with van der Waals surface area (Å²) in [6, 6.07) is 11.9. The van der Waals surface area contributed by atoms with Gasteiger partial charge in [0.2, 0.25) is 10.0 Å². The average Bonchev–Trinajstić information content (AvgIpc) is 2.98. The summed E-state index contributed by atoms with van der Waals surface area (Å²) in [5.74, 6) is 0.232. The van der Waals surface area contributed by atoms with Gasteiger partial charge in [0.15, 0.2) is 5.82 Å². The molecule has 2 aromatic carbocycles. The number of hydrogen-bond donors (Lipinski definition) is 1. The Morgan fingerprint density at radius 3 is 2.52 bits per heavy atom. The molecule has 1 heterocycles. The molecule has 0 unspecified atom stereocenters. The lowest BCUT2D eigenvalue weighted by atomic mass is 10.2. The van der Waals surface area contributed by atoms with Gasteiger partial charge in [-0.15, -0.1) is 5.10 Å². The normalized spacial score (nSPS) is 11.6. The van der Waals surface area contributed by atoms with E-state index in [-0.39, 0.29) is 29.6 Å². The number of benzene rings is 2. The highest BCUT2D eigenvalue weighted by Crippen LogP contribution is 2.23. The maximum absolute atomic E-state index is 13.1. The van der Waals surface area contributed by atoms with E-state index in [9.17, 15) is 17.6 Å². The highest BCUT2D eigenvalue weighted by atomic mass is 32.2. The van der Waals surface area contributed by atoms with Crippen molar-refractivity contribution in [1.29, 1.82) is 0 Å². The van der Waals surface area contributed by atoms with E-state index in [1.807, 2.05) is 0 Å². The molecular weight excluding hydrogens is 399 g/mol. The van der Waals surface area contributed by atoms with Crippen LogP contribution in [0.4, 0.5) is 4.39 Å². The maximum Gasteiger partial charge on any atom is 0.345 e. The monoisotopic (exact) mass is 420 g/mol. The molecule has 0 saturated heterocycles. The number of nitrogens with zero attached hydrogens (tertiary/aromatic N) is 3. The van der Waals surface area contributed by atoms with Crippen molar-refractivity contribution in [3.63, 3.8) is 0 Å². The fourth-order valence-corrected chi connectivity index (χ4v) is 3.96. The second kappa shape index (κ2) is 8.58. The minimum atomic E-state index is -3.82. The Bertz CT molecular complexity index is 1150. The van der Waals surface area contributed by atoms with Crippen molar-refractivity contribution >= 4 is 10.0 Å². The van der Waals surface area contributed by atoms with E-state index < -0.39 is 15.7 Å². The third kappa shape index (κ3) is 4.54. The van der Waals surface area contributed by atoms with Crippen LogP contribution in [0, 0.1) is 5.82 Å². The first-order chi connectivity index (χ1) is 13.8. The van der Waals surface area contributed by atoms with Crippen molar-refractivity contribution in [2.75, 3.05) is 13.2 Å². The summed E-state index contributed by atoms with van der Waals surface area (Å²) in [7, 11) is -2.27. The summed E-state index contributed by atoms with van der Waals surface area (Å²) >= 11 is 0. The number of para-hydroxylation sites is 1. The van der Waals surface area contributed by atoms with Crippen LogP contribution in [0.15, 0.2) is 58.2 Å². The van der Waals surface area contributed by atoms with Crippen molar-refractivity contribution in [3.8, 4) is 17.1 Å². The van der Waals surface area contributed by atoms with Gasteiger partial charge < -0.3 is 4.74 Å². The molecule has 0 aliphatic carbocycles. The summed E-state index contributed by atoms with van der Waals surface area (Å²) in [6.07, 6.45) is 0.